The van der Waals surface area contributed by atoms with E-state index in [9.17, 15) is 5.26 Å². The van der Waals surface area contributed by atoms with Gasteiger partial charge in [-0.3, -0.25) is 15.4 Å². The maximum Gasteiger partial charge on any atom is 0.107 e. The largest absolute Gasteiger partial charge is 0.342 e. The van der Waals surface area contributed by atoms with Crippen molar-refractivity contribution in [3.63, 3.8) is 0 Å². The molecule has 0 atom stereocenters. The van der Waals surface area contributed by atoms with Gasteiger partial charge in [0.15, 0.2) is 0 Å². The molecule has 0 radical (unpaired) electrons. The quantitative estimate of drug-likeness (QED) is 0.855. The minimum Gasteiger partial charge on any atom is -0.342 e. The number of rotatable bonds is 2. The van der Waals surface area contributed by atoms with Crippen molar-refractivity contribution in [1.29, 1.82) is 5.26 Å². The molecule has 0 amide bonds. The number of benzene rings is 1. The minimum atomic E-state index is 0.573. The van der Waals surface area contributed by atoms with Crippen molar-refractivity contribution >= 4 is 23.1 Å². The number of nitrogens with one attached hydrogen (secondary N) is 2. The summed E-state index contributed by atoms with van der Waals surface area (Å²) in [5.74, 6) is 0.814. The molecule has 2 N–H and O–H groups in total. The summed E-state index contributed by atoms with van der Waals surface area (Å²) in [6.45, 7) is 5.53. The Hall–Kier alpha value is -2.55. The number of aliphatic imine (C=N–C) groups is 1. The number of aromatic amines is 1. The van der Waals surface area contributed by atoms with Gasteiger partial charge in [-0.2, -0.15) is 5.26 Å². The van der Waals surface area contributed by atoms with E-state index in [1.807, 2.05) is 24.9 Å². The zero-order valence-corrected chi connectivity index (χ0v) is 10.9. The molecule has 0 saturated carbocycles. The Kier molecular flexibility index (Phi) is 2.60. The Morgan fingerprint density at radius 1 is 1.47 bits per heavy atom. The van der Waals surface area contributed by atoms with E-state index in [0.29, 0.717) is 5.56 Å². The van der Waals surface area contributed by atoms with Gasteiger partial charge in [0.1, 0.15) is 23.7 Å². The number of imidazole rings is 1. The molecule has 1 aromatic heterocycles. The van der Waals surface area contributed by atoms with E-state index in [0.717, 1.165) is 41.2 Å². The van der Waals surface area contributed by atoms with Crippen LogP contribution in [0.25, 0.3) is 11.0 Å². The Labute approximate surface area is 110 Å². The van der Waals surface area contributed by atoms with Gasteiger partial charge < -0.3 is 4.98 Å². The van der Waals surface area contributed by atoms with E-state index < -0.39 is 0 Å². The van der Waals surface area contributed by atoms with Crippen LogP contribution in [-0.4, -0.2) is 34.4 Å². The fraction of sp³-hybridized carbons (Fsp3) is 0.308. The third kappa shape index (κ3) is 1.89. The van der Waals surface area contributed by atoms with Crippen LogP contribution < -0.4 is 5.43 Å². The lowest BCUT2D eigenvalue weighted by atomic mass is 10.1. The Morgan fingerprint density at radius 2 is 2.32 bits per heavy atom. The molecule has 1 aliphatic rings. The van der Waals surface area contributed by atoms with Gasteiger partial charge in [0.05, 0.1) is 29.9 Å². The predicted octanol–water partition coefficient (Wildman–Crippen LogP) is 1.72. The highest BCUT2D eigenvalue weighted by Gasteiger charge is 2.14. The Balaban J connectivity index is 2.11. The number of hydrogen-bond acceptors (Lipinski definition) is 5. The van der Waals surface area contributed by atoms with Crippen molar-refractivity contribution in [2.24, 2.45) is 4.99 Å². The second-order valence-electron chi connectivity index (χ2n) is 4.58. The molecular formula is C13H14N6. The minimum absolute atomic E-state index is 0.573. The summed E-state index contributed by atoms with van der Waals surface area (Å²) >= 11 is 0. The third-order valence-electron chi connectivity index (χ3n) is 3.22. The van der Waals surface area contributed by atoms with E-state index in [4.69, 9.17) is 0 Å². The molecular weight excluding hydrogens is 240 g/mol. The summed E-state index contributed by atoms with van der Waals surface area (Å²) < 4.78 is 0. The molecule has 6 nitrogen and oxygen atoms in total. The van der Waals surface area contributed by atoms with Crippen molar-refractivity contribution in [2.75, 3.05) is 18.5 Å². The number of hydrazine groups is 1. The fourth-order valence-electron chi connectivity index (χ4n) is 2.23. The molecule has 0 fully saturated rings. The average Bonchev–Trinajstić information content (AvgIpc) is 3.02. The van der Waals surface area contributed by atoms with E-state index in [-0.39, 0.29) is 0 Å². The number of hydrogen-bond donors (Lipinski definition) is 2. The average molecular weight is 254 g/mol. The van der Waals surface area contributed by atoms with Crippen LogP contribution in [-0.2, 0) is 0 Å². The van der Waals surface area contributed by atoms with Gasteiger partial charge in [0.2, 0.25) is 0 Å². The molecule has 0 bridgehead atoms. The molecule has 1 aliphatic heterocycles. The maximum atomic E-state index is 9.25. The molecule has 0 spiro atoms. The van der Waals surface area contributed by atoms with Crippen LogP contribution in [0.2, 0.25) is 0 Å². The van der Waals surface area contributed by atoms with E-state index >= 15 is 0 Å². The first-order chi connectivity index (χ1) is 9.19. The molecule has 3 rings (SSSR count). The van der Waals surface area contributed by atoms with Crippen LogP contribution in [0.3, 0.4) is 0 Å². The lowest BCUT2D eigenvalue weighted by Crippen LogP contribution is -2.27. The number of nitrogens with zero attached hydrogens (tertiary/aromatic N) is 4. The van der Waals surface area contributed by atoms with Gasteiger partial charge in [-0.25, -0.2) is 4.98 Å². The summed E-state index contributed by atoms with van der Waals surface area (Å²) in [6.07, 6.45) is 1.77. The monoisotopic (exact) mass is 254 g/mol. The summed E-state index contributed by atoms with van der Waals surface area (Å²) in [5, 5.41) is 11.2. The molecule has 2 aromatic rings. The number of anilines is 1. The second-order valence-corrected chi connectivity index (χ2v) is 4.58. The number of nitriles is 1. The molecule has 6 heteroatoms. The number of fused-ring (bicyclic) bond motifs is 1. The number of aromatic nitrogens is 2. The Morgan fingerprint density at radius 3 is 3.00 bits per heavy atom. The predicted molar refractivity (Wildman–Crippen MR) is 74.0 cm³/mol. The van der Waals surface area contributed by atoms with Crippen molar-refractivity contribution in [3.05, 3.63) is 23.0 Å². The SMILES string of the molecule is Cc1nc2c(C#N)cc(NN3C=NCC3)c(C)c2[nH]1. The van der Waals surface area contributed by atoms with Gasteiger partial charge in [-0.1, -0.05) is 0 Å². The lowest BCUT2D eigenvalue weighted by Gasteiger charge is -2.19. The van der Waals surface area contributed by atoms with Crippen LogP contribution in [0, 0.1) is 25.2 Å². The van der Waals surface area contributed by atoms with Gasteiger partial charge in [0.25, 0.3) is 0 Å². The van der Waals surface area contributed by atoms with Gasteiger partial charge in [-0.05, 0) is 25.5 Å². The fourth-order valence-corrected chi connectivity index (χ4v) is 2.23. The molecule has 19 heavy (non-hydrogen) atoms. The van der Waals surface area contributed by atoms with Crippen molar-refractivity contribution < 1.29 is 0 Å². The van der Waals surface area contributed by atoms with E-state index in [2.05, 4.69) is 26.5 Å². The van der Waals surface area contributed by atoms with Crippen LogP contribution in [0.5, 0.6) is 0 Å². The van der Waals surface area contributed by atoms with Crippen LogP contribution >= 0.6 is 0 Å². The lowest BCUT2D eigenvalue weighted by molar-refractivity contribution is 0.557. The smallest absolute Gasteiger partial charge is 0.107 e. The normalized spacial score (nSPS) is 14.1. The van der Waals surface area contributed by atoms with Crippen molar-refractivity contribution in [3.8, 4) is 6.07 Å². The van der Waals surface area contributed by atoms with Crippen LogP contribution in [0.4, 0.5) is 5.69 Å². The van der Waals surface area contributed by atoms with E-state index in [1.165, 1.54) is 0 Å². The second kappa shape index (κ2) is 4.28. The summed E-state index contributed by atoms with van der Waals surface area (Å²) in [5.41, 5.74) is 7.44. The summed E-state index contributed by atoms with van der Waals surface area (Å²) in [6, 6.07) is 4.04. The topological polar surface area (TPSA) is 80.1 Å². The van der Waals surface area contributed by atoms with Crippen molar-refractivity contribution in [2.45, 2.75) is 13.8 Å². The highest BCUT2D eigenvalue weighted by Crippen LogP contribution is 2.27. The standard InChI is InChI=1S/C13H14N6/c1-8-11(18-19-4-3-15-7-19)5-10(6-14)13-12(8)16-9(2)17-13/h5,7,18H,3-4H2,1-2H3,(H,16,17). The highest BCUT2D eigenvalue weighted by atomic mass is 15.5. The molecule has 0 aliphatic carbocycles. The molecule has 0 unspecified atom stereocenters. The third-order valence-corrected chi connectivity index (χ3v) is 3.22. The van der Waals surface area contributed by atoms with Crippen molar-refractivity contribution in [1.82, 2.24) is 15.0 Å². The maximum absolute atomic E-state index is 9.25. The molecule has 1 aromatic carbocycles. The van der Waals surface area contributed by atoms with Gasteiger partial charge in [-0.15, -0.1) is 0 Å². The van der Waals surface area contributed by atoms with E-state index in [1.54, 1.807) is 6.34 Å². The number of H-pyrrole nitrogens is 1. The van der Waals surface area contributed by atoms with Crippen LogP contribution in [0.1, 0.15) is 17.0 Å². The molecule has 96 valence electrons. The zero-order chi connectivity index (χ0) is 13.4. The zero-order valence-electron chi connectivity index (χ0n) is 10.9. The molecule has 2 heterocycles. The van der Waals surface area contributed by atoms with Gasteiger partial charge in [0, 0.05) is 0 Å². The first-order valence-electron chi connectivity index (χ1n) is 6.12. The van der Waals surface area contributed by atoms with Gasteiger partial charge >= 0.3 is 0 Å². The highest BCUT2D eigenvalue weighted by molar-refractivity contribution is 5.89. The van der Waals surface area contributed by atoms with Crippen LogP contribution in [0.15, 0.2) is 11.1 Å². The molecule has 0 saturated heterocycles. The Bertz CT molecular complexity index is 706. The summed E-state index contributed by atoms with van der Waals surface area (Å²) in [7, 11) is 0. The number of aryl methyl sites for hydroxylation is 2. The first-order valence-corrected chi connectivity index (χ1v) is 6.12. The first kappa shape index (κ1) is 11.5. The summed E-state index contributed by atoms with van der Waals surface area (Å²) in [4.78, 5) is 11.7.